The van der Waals surface area contributed by atoms with Gasteiger partial charge in [0.25, 0.3) is 0 Å². The zero-order valence-corrected chi connectivity index (χ0v) is 33.5. The van der Waals surface area contributed by atoms with E-state index in [4.69, 9.17) is 19.4 Å². The molecule has 288 valence electrons. The van der Waals surface area contributed by atoms with Gasteiger partial charge in [0.15, 0.2) is 11.4 Å². The van der Waals surface area contributed by atoms with Crippen molar-refractivity contribution in [2.45, 2.75) is 19.3 Å². The number of oxazole rings is 1. The summed E-state index contributed by atoms with van der Waals surface area (Å²) in [6, 6.07) is 68.6. The van der Waals surface area contributed by atoms with E-state index in [1.807, 2.05) is 42.5 Å². The fourth-order valence-corrected chi connectivity index (χ4v) is 9.55. The van der Waals surface area contributed by atoms with Crippen LogP contribution in [0.4, 0.5) is 0 Å². The number of nitrogens with zero attached hydrogens (tertiary/aromatic N) is 4. The first-order valence-electron chi connectivity index (χ1n) is 20.9. The van der Waals surface area contributed by atoms with Gasteiger partial charge >= 0.3 is 0 Å². The lowest BCUT2D eigenvalue weighted by Gasteiger charge is -2.29. The van der Waals surface area contributed by atoms with Crippen molar-refractivity contribution >= 4 is 32.9 Å². The Balaban J connectivity index is 1.04. The molecule has 0 spiro atoms. The number of hydrogen-bond donors (Lipinski definition) is 0. The summed E-state index contributed by atoms with van der Waals surface area (Å²) in [7, 11) is 0. The summed E-state index contributed by atoms with van der Waals surface area (Å²) in [6.45, 7) is 2.17. The van der Waals surface area contributed by atoms with Gasteiger partial charge in [-0.1, -0.05) is 170 Å². The van der Waals surface area contributed by atoms with Gasteiger partial charge in [0.1, 0.15) is 11.3 Å². The largest absolute Gasteiger partial charge is 0.435 e. The molecule has 1 aliphatic carbocycles. The van der Waals surface area contributed by atoms with Crippen LogP contribution < -0.4 is 0 Å². The van der Waals surface area contributed by atoms with Crippen LogP contribution in [0.25, 0.3) is 95.1 Å². The third kappa shape index (κ3) is 5.73. The number of rotatable bonds is 6. The first-order chi connectivity index (χ1) is 30.2. The van der Waals surface area contributed by atoms with Crippen molar-refractivity contribution < 1.29 is 4.42 Å². The predicted octanol–water partition coefficient (Wildman–Crippen LogP) is 14.0. The third-order valence-electron chi connectivity index (χ3n) is 12.4. The second-order valence-electron chi connectivity index (χ2n) is 15.9. The highest BCUT2D eigenvalue weighted by Gasteiger charge is 2.30. The van der Waals surface area contributed by atoms with Gasteiger partial charge in [0, 0.05) is 44.5 Å². The molecule has 0 aliphatic heterocycles. The Hall–Kier alpha value is -7.89. The zero-order valence-electron chi connectivity index (χ0n) is 33.5. The van der Waals surface area contributed by atoms with Crippen LogP contribution in [0.15, 0.2) is 199 Å². The SMILES string of the molecule is Cc1c(-c2ccccc2)nc(-c2ccccc2)nc1-n1c2ccccc2c2ccc3c(c21)CC(c1ccc(-c2cccc4nc(-c5ccccc5)oc24)cc1)c1ccccc1-3. The summed E-state index contributed by atoms with van der Waals surface area (Å²) < 4.78 is 8.86. The molecule has 0 radical (unpaired) electrons. The molecule has 5 heteroatoms. The first-order valence-corrected chi connectivity index (χ1v) is 20.9. The van der Waals surface area contributed by atoms with Gasteiger partial charge in [-0.25, -0.2) is 15.0 Å². The molecule has 0 saturated heterocycles. The van der Waals surface area contributed by atoms with E-state index >= 15 is 0 Å². The standard InChI is InChI=1S/C56H38N4O/c1-35-51(38-16-5-2-6-17-38)58-54(39-18-7-3-8-19-39)59-55(35)60-50-27-14-13-24-45(50)46-33-32-44-42-22-11-12-23-43(42)47(34-48(44)52(46)60)37-30-28-36(29-31-37)41-25-15-26-49-53(41)61-56(57-49)40-20-9-4-10-21-40/h2-33,47H,34H2,1H3. The predicted molar refractivity (Wildman–Crippen MR) is 248 cm³/mol. The molecule has 11 aromatic rings. The minimum Gasteiger partial charge on any atom is -0.435 e. The number of benzene rings is 8. The van der Waals surface area contributed by atoms with Crippen molar-refractivity contribution in [2.24, 2.45) is 0 Å². The second kappa shape index (κ2) is 14.1. The van der Waals surface area contributed by atoms with Crippen LogP contribution in [0.5, 0.6) is 0 Å². The van der Waals surface area contributed by atoms with E-state index in [0.29, 0.717) is 11.7 Å². The smallest absolute Gasteiger partial charge is 0.227 e. The van der Waals surface area contributed by atoms with Gasteiger partial charge in [0.2, 0.25) is 5.89 Å². The molecule has 61 heavy (non-hydrogen) atoms. The Morgan fingerprint density at radius 2 is 1.18 bits per heavy atom. The average molecular weight is 783 g/mol. The van der Waals surface area contributed by atoms with E-state index in [1.54, 1.807) is 0 Å². The summed E-state index contributed by atoms with van der Waals surface area (Å²) in [5, 5.41) is 2.43. The minimum atomic E-state index is 0.131. The lowest BCUT2D eigenvalue weighted by atomic mass is 9.75. The van der Waals surface area contributed by atoms with Gasteiger partial charge in [-0.05, 0) is 71.0 Å². The molecule has 1 atom stereocenters. The van der Waals surface area contributed by atoms with E-state index in [2.05, 4.69) is 163 Å². The highest BCUT2D eigenvalue weighted by Crippen LogP contribution is 2.48. The van der Waals surface area contributed by atoms with Crippen molar-refractivity contribution in [1.29, 1.82) is 0 Å². The summed E-state index contributed by atoms with van der Waals surface area (Å²) in [5.74, 6) is 2.36. The van der Waals surface area contributed by atoms with Crippen LogP contribution in [0.3, 0.4) is 0 Å². The van der Waals surface area contributed by atoms with Crippen molar-refractivity contribution in [3.8, 4) is 62.2 Å². The Morgan fingerprint density at radius 1 is 0.508 bits per heavy atom. The number of fused-ring (bicyclic) bond motifs is 8. The maximum atomic E-state index is 6.44. The lowest BCUT2D eigenvalue weighted by molar-refractivity contribution is 0.621. The molecule has 1 unspecified atom stereocenters. The number of aromatic nitrogens is 4. The Labute approximate surface area is 353 Å². The lowest BCUT2D eigenvalue weighted by Crippen LogP contribution is -2.14. The highest BCUT2D eigenvalue weighted by molar-refractivity contribution is 6.12. The fraction of sp³-hybridized carbons (Fsp3) is 0.0536. The first kappa shape index (κ1) is 35.1. The molecule has 0 fully saturated rings. The molecule has 3 aromatic heterocycles. The van der Waals surface area contributed by atoms with Crippen molar-refractivity contribution in [2.75, 3.05) is 0 Å². The Bertz CT molecular complexity index is 3440. The van der Waals surface area contributed by atoms with Gasteiger partial charge < -0.3 is 4.42 Å². The van der Waals surface area contributed by atoms with E-state index in [-0.39, 0.29) is 5.92 Å². The normalized spacial score (nSPS) is 13.4. The maximum absolute atomic E-state index is 6.44. The molecule has 0 saturated carbocycles. The van der Waals surface area contributed by atoms with Crippen LogP contribution >= 0.6 is 0 Å². The molecule has 0 N–H and O–H groups in total. The average Bonchev–Trinajstić information content (AvgIpc) is 3.93. The van der Waals surface area contributed by atoms with Crippen LogP contribution in [-0.4, -0.2) is 19.5 Å². The molecule has 5 nitrogen and oxygen atoms in total. The van der Waals surface area contributed by atoms with E-state index < -0.39 is 0 Å². The number of para-hydroxylation sites is 2. The van der Waals surface area contributed by atoms with Crippen LogP contribution in [0, 0.1) is 6.92 Å². The van der Waals surface area contributed by atoms with E-state index in [1.165, 1.54) is 44.1 Å². The van der Waals surface area contributed by atoms with Gasteiger partial charge in [-0.3, -0.25) is 4.57 Å². The quantitative estimate of drug-likeness (QED) is 0.169. The van der Waals surface area contributed by atoms with Crippen molar-refractivity contribution in [3.63, 3.8) is 0 Å². The molecule has 0 bridgehead atoms. The summed E-state index contributed by atoms with van der Waals surface area (Å²) >= 11 is 0. The second-order valence-corrected chi connectivity index (χ2v) is 15.9. The van der Waals surface area contributed by atoms with Gasteiger partial charge in [0.05, 0.1) is 16.7 Å². The van der Waals surface area contributed by atoms with Gasteiger partial charge in [-0.2, -0.15) is 0 Å². The summed E-state index contributed by atoms with van der Waals surface area (Å²) in [6.07, 6.45) is 0.832. The summed E-state index contributed by atoms with van der Waals surface area (Å²) in [4.78, 5) is 15.5. The molecule has 12 rings (SSSR count). The summed E-state index contributed by atoms with van der Waals surface area (Å²) in [5.41, 5.74) is 17.5. The number of hydrogen-bond acceptors (Lipinski definition) is 4. The maximum Gasteiger partial charge on any atom is 0.227 e. The third-order valence-corrected chi connectivity index (χ3v) is 12.4. The molecular weight excluding hydrogens is 745 g/mol. The van der Waals surface area contributed by atoms with Crippen molar-refractivity contribution in [1.82, 2.24) is 19.5 Å². The molecule has 1 aliphatic rings. The minimum absolute atomic E-state index is 0.131. The topological polar surface area (TPSA) is 56.7 Å². The molecular formula is C56H38N4O. The van der Waals surface area contributed by atoms with Crippen LogP contribution in [0.1, 0.15) is 28.2 Å². The highest BCUT2D eigenvalue weighted by atomic mass is 16.3. The van der Waals surface area contributed by atoms with E-state index in [9.17, 15) is 0 Å². The van der Waals surface area contributed by atoms with Crippen LogP contribution in [0.2, 0.25) is 0 Å². The molecule has 3 heterocycles. The molecule has 8 aromatic carbocycles. The van der Waals surface area contributed by atoms with E-state index in [0.717, 1.165) is 67.9 Å². The Morgan fingerprint density at radius 3 is 1.97 bits per heavy atom. The Kier molecular flexibility index (Phi) is 8.13. The van der Waals surface area contributed by atoms with Crippen LogP contribution in [-0.2, 0) is 6.42 Å². The monoisotopic (exact) mass is 782 g/mol. The zero-order chi connectivity index (χ0) is 40.4. The molecule has 0 amide bonds. The van der Waals surface area contributed by atoms with Crippen molar-refractivity contribution in [3.05, 3.63) is 216 Å². The fourth-order valence-electron chi connectivity index (χ4n) is 9.55. The van der Waals surface area contributed by atoms with Gasteiger partial charge in [-0.15, -0.1) is 0 Å².